The molecule has 5 heteroatoms. The third-order valence-electron chi connectivity index (χ3n) is 3.74. The van der Waals surface area contributed by atoms with Gasteiger partial charge in [0.1, 0.15) is 0 Å². The van der Waals surface area contributed by atoms with Crippen molar-refractivity contribution in [3.63, 3.8) is 0 Å². The molecule has 24 heavy (non-hydrogen) atoms. The summed E-state index contributed by atoms with van der Waals surface area (Å²) < 4.78 is 2.18. The molecule has 1 aromatic heterocycles. The number of fused-ring (bicyclic) bond motifs is 1. The maximum absolute atomic E-state index is 5.80. The molecule has 0 unspecified atom stereocenters. The van der Waals surface area contributed by atoms with Crippen molar-refractivity contribution in [3.05, 3.63) is 78.9 Å². The van der Waals surface area contributed by atoms with E-state index in [2.05, 4.69) is 22.8 Å². The third-order valence-corrected chi connectivity index (χ3v) is 3.74. The van der Waals surface area contributed by atoms with Crippen molar-refractivity contribution in [2.75, 3.05) is 0 Å². The molecule has 0 aliphatic rings. The number of hydrogen-bond acceptors (Lipinski definition) is 3. The molecular weight excluding hydrogens is 299 g/mol. The molecule has 2 N–H and O–H groups in total. The van der Waals surface area contributed by atoms with E-state index in [1.54, 1.807) is 0 Å². The Labute approximate surface area is 141 Å². The van der Waals surface area contributed by atoms with Crippen molar-refractivity contribution in [1.82, 2.24) is 9.55 Å². The second kappa shape index (κ2) is 7.13. The first-order chi connectivity index (χ1) is 10.8. The summed E-state index contributed by atoms with van der Waals surface area (Å²) in [6, 6.07) is 26.3. The van der Waals surface area contributed by atoms with E-state index in [0.29, 0.717) is 0 Å². The molecule has 0 saturated carbocycles. The molecule has 4 nitrogen and oxygen atoms in total. The van der Waals surface area contributed by atoms with Crippen molar-refractivity contribution in [3.8, 4) is 17.1 Å². The molecule has 3 aromatic carbocycles. The van der Waals surface area contributed by atoms with Gasteiger partial charge in [0, 0.05) is 0 Å². The SMILES string of the molecule is [B+2]c1ccc(-c2nc3ccccc3n2-c2ccccc2)cc1.[OH-].[OH-]. The van der Waals surface area contributed by atoms with E-state index in [9.17, 15) is 0 Å². The van der Waals surface area contributed by atoms with Crippen LogP contribution in [0.1, 0.15) is 0 Å². The van der Waals surface area contributed by atoms with Gasteiger partial charge in [-0.25, -0.2) is 0 Å². The molecular formula is C19H15BN2O2. The summed E-state index contributed by atoms with van der Waals surface area (Å²) in [6.07, 6.45) is 0. The van der Waals surface area contributed by atoms with Crippen LogP contribution in [-0.2, 0) is 0 Å². The van der Waals surface area contributed by atoms with Crippen LogP contribution >= 0.6 is 0 Å². The minimum Gasteiger partial charge on any atom is -0.870 e. The van der Waals surface area contributed by atoms with Crippen molar-refractivity contribution < 1.29 is 11.0 Å². The van der Waals surface area contributed by atoms with Crippen molar-refractivity contribution in [2.45, 2.75) is 0 Å². The van der Waals surface area contributed by atoms with Gasteiger partial charge in [-0.1, -0.05) is 0 Å². The van der Waals surface area contributed by atoms with Gasteiger partial charge in [-0.2, -0.15) is 0 Å². The minimum atomic E-state index is 0. The van der Waals surface area contributed by atoms with Crippen LogP contribution in [0.5, 0.6) is 0 Å². The molecule has 0 saturated heterocycles. The fourth-order valence-corrected chi connectivity index (χ4v) is 2.69. The molecule has 0 fully saturated rings. The van der Waals surface area contributed by atoms with Gasteiger partial charge in [0.2, 0.25) is 0 Å². The standard InChI is InChI=1S/C19H13BN2.2H2O/c20-15-12-10-14(11-13-15)19-21-17-8-4-5-9-18(17)22(19)16-6-2-1-3-7-16;;/h1-13H;2*1H2/q+2;;/p-2. The summed E-state index contributed by atoms with van der Waals surface area (Å²) in [5.74, 6) is 0.924. The monoisotopic (exact) mass is 314 g/mol. The second-order valence-corrected chi connectivity index (χ2v) is 5.22. The van der Waals surface area contributed by atoms with Crippen LogP contribution in [0.15, 0.2) is 78.9 Å². The van der Waals surface area contributed by atoms with E-state index in [4.69, 9.17) is 12.8 Å². The summed E-state index contributed by atoms with van der Waals surface area (Å²) in [7, 11) is 5.80. The largest absolute Gasteiger partial charge is 0.870 e. The number of nitrogens with zero attached hydrogens (tertiary/aromatic N) is 2. The van der Waals surface area contributed by atoms with Gasteiger partial charge in [-0.3, -0.25) is 0 Å². The van der Waals surface area contributed by atoms with Gasteiger partial charge in [-0.05, 0) is 0 Å². The molecule has 4 aromatic rings. The normalized spacial score (nSPS) is 10.1. The third kappa shape index (κ3) is 2.95. The van der Waals surface area contributed by atoms with E-state index in [1.807, 2.05) is 60.7 Å². The van der Waals surface area contributed by atoms with E-state index < -0.39 is 0 Å². The fraction of sp³-hybridized carbons (Fsp3) is 0. The first-order valence-electron chi connectivity index (χ1n) is 7.22. The topological polar surface area (TPSA) is 77.8 Å². The molecule has 0 amide bonds. The maximum Gasteiger partial charge on any atom is -0.870 e. The molecule has 0 spiro atoms. The van der Waals surface area contributed by atoms with E-state index in [-0.39, 0.29) is 11.0 Å². The molecule has 4 rings (SSSR count). The maximum atomic E-state index is 5.80. The quantitative estimate of drug-likeness (QED) is 0.533. The molecule has 0 aliphatic heterocycles. The Morgan fingerprint density at radius 3 is 2.04 bits per heavy atom. The molecule has 0 atom stereocenters. The molecule has 0 radical (unpaired) electrons. The zero-order valence-corrected chi connectivity index (χ0v) is 12.9. The predicted molar refractivity (Wildman–Crippen MR) is 95.8 cm³/mol. The van der Waals surface area contributed by atoms with Crippen LogP contribution in [0, 0.1) is 0 Å². The summed E-state index contributed by atoms with van der Waals surface area (Å²) in [4.78, 5) is 4.81. The van der Waals surface area contributed by atoms with Crippen molar-refractivity contribution >= 4 is 24.3 Å². The Bertz CT molecular complexity index is 935. The molecule has 0 aliphatic carbocycles. The smallest absolute Gasteiger partial charge is 0.870 e. The Kier molecular flexibility index (Phi) is 5.19. The van der Waals surface area contributed by atoms with E-state index >= 15 is 0 Å². The van der Waals surface area contributed by atoms with Crippen LogP contribution in [0.3, 0.4) is 0 Å². The van der Waals surface area contributed by atoms with E-state index in [1.165, 1.54) is 0 Å². The van der Waals surface area contributed by atoms with Crippen LogP contribution in [0.25, 0.3) is 28.1 Å². The average Bonchev–Trinajstić information content (AvgIpc) is 2.96. The summed E-state index contributed by atoms with van der Waals surface area (Å²) in [5.41, 5.74) is 4.99. The zero-order chi connectivity index (χ0) is 14.9. The number of rotatable bonds is 2. The van der Waals surface area contributed by atoms with Crippen LogP contribution < -0.4 is 5.46 Å². The van der Waals surface area contributed by atoms with Gasteiger partial charge in [-0.15, -0.1) is 0 Å². The van der Waals surface area contributed by atoms with Gasteiger partial charge in [0.15, 0.2) is 0 Å². The zero-order valence-electron chi connectivity index (χ0n) is 12.9. The second-order valence-electron chi connectivity index (χ2n) is 5.22. The summed E-state index contributed by atoms with van der Waals surface area (Å²) >= 11 is 0. The Balaban J connectivity index is 0.00000104. The molecule has 116 valence electrons. The Hall–Kier alpha value is -2.89. The van der Waals surface area contributed by atoms with Crippen LogP contribution in [0.2, 0.25) is 0 Å². The van der Waals surface area contributed by atoms with Gasteiger partial charge < -0.3 is 11.0 Å². The fourth-order valence-electron chi connectivity index (χ4n) is 2.69. The molecule has 0 bridgehead atoms. The van der Waals surface area contributed by atoms with E-state index in [0.717, 1.165) is 33.6 Å². The Morgan fingerprint density at radius 2 is 1.33 bits per heavy atom. The first-order valence-corrected chi connectivity index (χ1v) is 7.22. The number of imidazole rings is 1. The predicted octanol–water partition coefficient (Wildman–Crippen LogP) is 3.13. The van der Waals surface area contributed by atoms with Gasteiger partial charge >= 0.3 is 130 Å². The van der Waals surface area contributed by atoms with Crippen molar-refractivity contribution in [1.29, 1.82) is 0 Å². The number of benzene rings is 3. The first kappa shape index (κ1) is 17.5. The van der Waals surface area contributed by atoms with Gasteiger partial charge in [0.05, 0.1) is 0 Å². The summed E-state index contributed by atoms with van der Waals surface area (Å²) in [6.45, 7) is 0. The Morgan fingerprint density at radius 1 is 0.708 bits per heavy atom. The average molecular weight is 314 g/mol. The van der Waals surface area contributed by atoms with Crippen LogP contribution in [-0.4, -0.2) is 28.3 Å². The van der Waals surface area contributed by atoms with Crippen LogP contribution in [0.4, 0.5) is 0 Å². The minimum absolute atomic E-state index is 0. The van der Waals surface area contributed by atoms with Crippen molar-refractivity contribution in [2.24, 2.45) is 0 Å². The number of hydrogen-bond donors (Lipinski definition) is 0. The summed E-state index contributed by atoms with van der Waals surface area (Å²) in [5, 5.41) is 0. The number of para-hydroxylation sites is 3. The molecule has 1 heterocycles. The van der Waals surface area contributed by atoms with Gasteiger partial charge in [0.25, 0.3) is 0 Å². The number of aromatic nitrogens is 2.